The van der Waals surface area contributed by atoms with Gasteiger partial charge in [-0.15, -0.1) is 0 Å². The Bertz CT molecular complexity index is 891. The third kappa shape index (κ3) is 4.07. The maximum atomic E-state index is 13.5. The molecule has 1 N–H and O–H groups in total. The zero-order chi connectivity index (χ0) is 20.5. The zero-order valence-corrected chi connectivity index (χ0v) is 14.5. The van der Waals surface area contributed by atoms with E-state index in [0.29, 0.717) is 11.1 Å². The molecule has 2 aromatic carbocycles. The molecule has 0 radical (unpaired) electrons. The fourth-order valence-electron chi connectivity index (χ4n) is 2.60. The second kappa shape index (κ2) is 7.73. The van der Waals surface area contributed by atoms with E-state index < -0.39 is 53.3 Å². The minimum absolute atomic E-state index is 0.213. The highest BCUT2D eigenvalue weighted by atomic mass is 19.2. The first kappa shape index (κ1) is 20.3. The van der Waals surface area contributed by atoms with Gasteiger partial charge in [-0.1, -0.05) is 17.7 Å². The Kier molecular flexibility index (Phi) is 5.82. The first-order chi connectivity index (χ1) is 12.5. The summed E-state index contributed by atoms with van der Waals surface area (Å²) >= 11 is 0. The van der Waals surface area contributed by atoms with Crippen molar-refractivity contribution in [2.24, 2.45) is 0 Å². The highest BCUT2D eigenvalue weighted by molar-refractivity contribution is 5.97. The summed E-state index contributed by atoms with van der Waals surface area (Å²) in [4.78, 5) is 23.8. The number of halogens is 5. The molecule has 1 amide bonds. The van der Waals surface area contributed by atoms with E-state index in [4.69, 9.17) is 4.74 Å². The van der Waals surface area contributed by atoms with Gasteiger partial charge in [-0.2, -0.15) is 0 Å². The predicted molar refractivity (Wildman–Crippen MR) is 85.8 cm³/mol. The molecule has 0 atom stereocenters. The summed E-state index contributed by atoms with van der Waals surface area (Å²) in [5.41, 5.74) is 0.792. The first-order valence-electron chi connectivity index (χ1n) is 7.60. The molecule has 27 heavy (non-hydrogen) atoms. The van der Waals surface area contributed by atoms with Gasteiger partial charge in [0.25, 0.3) is 5.91 Å². The van der Waals surface area contributed by atoms with Crippen LogP contribution in [0.3, 0.4) is 0 Å². The molecule has 2 rings (SSSR count). The van der Waals surface area contributed by atoms with Gasteiger partial charge >= 0.3 is 5.97 Å². The van der Waals surface area contributed by atoms with Crippen LogP contribution in [0, 0.1) is 49.9 Å². The van der Waals surface area contributed by atoms with Gasteiger partial charge in [0.15, 0.2) is 29.9 Å². The van der Waals surface area contributed by atoms with Crippen LogP contribution in [0.1, 0.15) is 27.0 Å². The summed E-state index contributed by atoms with van der Waals surface area (Å²) in [6.45, 7) is 4.16. The fourth-order valence-corrected chi connectivity index (χ4v) is 2.60. The fraction of sp³-hybridized carbons (Fsp3) is 0.222. The number of nitrogens with one attached hydrogen (secondary N) is 1. The molecule has 0 saturated heterocycles. The molecule has 0 fully saturated rings. The highest BCUT2D eigenvalue weighted by Crippen LogP contribution is 2.27. The SMILES string of the molecule is Cc1cc(C)c(C(=O)OCC(=O)Nc2c(F)c(F)c(F)c(F)c2F)c(C)c1. The van der Waals surface area contributed by atoms with Gasteiger partial charge in [-0.05, 0) is 31.9 Å². The van der Waals surface area contributed by atoms with Crippen molar-refractivity contribution in [1.82, 2.24) is 0 Å². The van der Waals surface area contributed by atoms with E-state index in [9.17, 15) is 31.5 Å². The molecular formula is C18H14F5NO3. The van der Waals surface area contributed by atoms with Gasteiger partial charge in [0, 0.05) is 0 Å². The van der Waals surface area contributed by atoms with E-state index >= 15 is 0 Å². The van der Waals surface area contributed by atoms with E-state index in [0.717, 1.165) is 5.56 Å². The predicted octanol–water partition coefficient (Wildman–Crippen LogP) is 4.10. The molecule has 0 spiro atoms. The van der Waals surface area contributed by atoms with E-state index in [1.807, 2.05) is 6.92 Å². The van der Waals surface area contributed by atoms with Gasteiger partial charge in [-0.25, -0.2) is 26.7 Å². The lowest BCUT2D eigenvalue weighted by atomic mass is 10.00. The Hall–Kier alpha value is -2.97. The smallest absolute Gasteiger partial charge is 0.339 e. The molecule has 0 aromatic heterocycles. The summed E-state index contributed by atoms with van der Waals surface area (Å²) < 4.78 is 71.0. The normalized spacial score (nSPS) is 10.7. The van der Waals surface area contributed by atoms with Crippen LogP contribution in [-0.4, -0.2) is 18.5 Å². The maximum absolute atomic E-state index is 13.5. The number of ether oxygens (including phenoxy) is 1. The number of benzene rings is 2. The van der Waals surface area contributed by atoms with E-state index in [2.05, 4.69) is 0 Å². The van der Waals surface area contributed by atoms with Crippen molar-refractivity contribution in [1.29, 1.82) is 0 Å². The highest BCUT2D eigenvalue weighted by Gasteiger charge is 2.27. The number of hydrogen-bond donors (Lipinski definition) is 1. The first-order valence-corrected chi connectivity index (χ1v) is 7.60. The number of rotatable bonds is 4. The van der Waals surface area contributed by atoms with Gasteiger partial charge < -0.3 is 10.1 Å². The van der Waals surface area contributed by atoms with Crippen LogP contribution in [0.15, 0.2) is 12.1 Å². The second-order valence-corrected chi connectivity index (χ2v) is 5.84. The van der Waals surface area contributed by atoms with Crippen molar-refractivity contribution in [2.75, 3.05) is 11.9 Å². The summed E-state index contributed by atoms with van der Waals surface area (Å²) in [5.74, 6) is -13.3. The van der Waals surface area contributed by atoms with Gasteiger partial charge in [0.1, 0.15) is 5.69 Å². The lowest BCUT2D eigenvalue weighted by Crippen LogP contribution is -2.23. The van der Waals surface area contributed by atoms with Gasteiger partial charge in [0.05, 0.1) is 5.56 Å². The number of carbonyl (C=O) groups excluding carboxylic acids is 2. The molecule has 2 aromatic rings. The number of aryl methyl sites for hydroxylation is 3. The number of amides is 1. The molecule has 0 aliphatic rings. The summed E-state index contributed by atoms with van der Waals surface area (Å²) in [6.07, 6.45) is 0. The topological polar surface area (TPSA) is 55.4 Å². The summed E-state index contributed by atoms with van der Waals surface area (Å²) in [5, 5.41) is 1.52. The molecule has 9 heteroatoms. The van der Waals surface area contributed by atoms with Crippen molar-refractivity contribution in [3.63, 3.8) is 0 Å². The Morgan fingerprint density at radius 2 is 1.30 bits per heavy atom. The van der Waals surface area contributed by atoms with Crippen LogP contribution in [-0.2, 0) is 9.53 Å². The average Bonchev–Trinajstić information content (AvgIpc) is 2.59. The van der Waals surface area contributed by atoms with Crippen LogP contribution < -0.4 is 5.32 Å². The third-order valence-corrected chi connectivity index (χ3v) is 3.69. The van der Waals surface area contributed by atoms with E-state index in [1.54, 1.807) is 26.0 Å². The Labute approximate surface area is 150 Å². The number of hydrogen-bond acceptors (Lipinski definition) is 3. The van der Waals surface area contributed by atoms with Crippen LogP contribution in [0.25, 0.3) is 0 Å². The monoisotopic (exact) mass is 387 g/mol. The van der Waals surface area contributed by atoms with Crippen molar-refractivity contribution < 1.29 is 36.3 Å². The van der Waals surface area contributed by atoms with Gasteiger partial charge in [-0.3, -0.25) is 4.79 Å². The summed E-state index contributed by atoms with van der Waals surface area (Å²) in [6, 6.07) is 3.44. The van der Waals surface area contributed by atoms with Crippen LogP contribution >= 0.6 is 0 Å². The largest absolute Gasteiger partial charge is 0.452 e. The molecule has 0 saturated carbocycles. The molecule has 0 aliphatic heterocycles. The number of carbonyl (C=O) groups is 2. The number of esters is 1. The Morgan fingerprint density at radius 1 is 0.852 bits per heavy atom. The molecule has 144 valence electrons. The molecule has 0 heterocycles. The minimum Gasteiger partial charge on any atom is -0.452 e. The quantitative estimate of drug-likeness (QED) is 0.372. The van der Waals surface area contributed by atoms with Crippen molar-refractivity contribution >= 4 is 17.6 Å². The Morgan fingerprint density at radius 3 is 1.78 bits per heavy atom. The minimum atomic E-state index is -2.35. The maximum Gasteiger partial charge on any atom is 0.339 e. The molecular weight excluding hydrogens is 373 g/mol. The Balaban J connectivity index is 2.13. The van der Waals surface area contributed by atoms with Crippen LogP contribution in [0.2, 0.25) is 0 Å². The third-order valence-electron chi connectivity index (χ3n) is 3.69. The number of anilines is 1. The van der Waals surface area contributed by atoms with Crippen molar-refractivity contribution in [3.8, 4) is 0 Å². The van der Waals surface area contributed by atoms with Crippen LogP contribution in [0.5, 0.6) is 0 Å². The molecule has 0 bridgehead atoms. The molecule has 4 nitrogen and oxygen atoms in total. The lowest BCUT2D eigenvalue weighted by Gasteiger charge is -2.12. The molecule has 0 aliphatic carbocycles. The van der Waals surface area contributed by atoms with Gasteiger partial charge in [0.2, 0.25) is 5.82 Å². The average molecular weight is 387 g/mol. The van der Waals surface area contributed by atoms with Crippen molar-refractivity contribution in [3.05, 3.63) is 63.5 Å². The standard InChI is InChI=1S/C18H14F5NO3/c1-7-4-8(2)11(9(3)5-7)18(26)27-6-10(25)24-17-15(22)13(20)12(19)14(21)16(17)23/h4-5H,6H2,1-3H3,(H,24,25). The van der Waals surface area contributed by atoms with E-state index in [-0.39, 0.29) is 5.56 Å². The zero-order valence-electron chi connectivity index (χ0n) is 14.5. The lowest BCUT2D eigenvalue weighted by molar-refractivity contribution is -0.119. The van der Waals surface area contributed by atoms with E-state index in [1.165, 1.54) is 5.32 Å². The van der Waals surface area contributed by atoms with Crippen molar-refractivity contribution in [2.45, 2.75) is 20.8 Å². The molecule has 0 unspecified atom stereocenters. The van der Waals surface area contributed by atoms with Crippen LogP contribution in [0.4, 0.5) is 27.6 Å². The summed E-state index contributed by atoms with van der Waals surface area (Å²) in [7, 11) is 0. The second-order valence-electron chi connectivity index (χ2n) is 5.84.